The second-order valence-corrected chi connectivity index (χ2v) is 18.2. The van der Waals surface area contributed by atoms with Crippen molar-refractivity contribution in [1.29, 1.82) is 0 Å². The summed E-state index contributed by atoms with van der Waals surface area (Å²) in [7, 11) is 0. The number of unbranched alkanes of at least 4 members (excludes halogenated alkanes) is 2. The Kier molecular flexibility index (Phi) is 14.6. The van der Waals surface area contributed by atoms with Crippen LogP contribution in [0.25, 0.3) is 22.3 Å². The van der Waals surface area contributed by atoms with E-state index in [2.05, 4.69) is 21.3 Å². The molecule has 394 valence electrons. The number of fused-ring (bicyclic) bond motifs is 5. The number of imide groups is 1. The number of cyclic esters (lactones) is 1. The fourth-order valence-corrected chi connectivity index (χ4v) is 9.54. The number of nitrogens with zero attached hydrogens (tertiary/aromatic N) is 3. The summed E-state index contributed by atoms with van der Waals surface area (Å²) in [5.41, 5.74) is 0.307. The van der Waals surface area contributed by atoms with E-state index in [1.807, 2.05) is 10.6 Å². The summed E-state index contributed by atoms with van der Waals surface area (Å²) >= 11 is 0. The number of pyridine rings is 2. The molecule has 0 fully saturated rings. The second kappa shape index (κ2) is 22.9. The van der Waals surface area contributed by atoms with Gasteiger partial charge in [-0.1, -0.05) is 43.7 Å². The fourth-order valence-electron chi connectivity index (χ4n) is 9.54. The van der Waals surface area contributed by atoms with Gasteiger partial charge in [0, 0.05) is 54.1 Å². The van der Waals surface area contributed by atoms with Crippen molar-refractivity contribution < 1.29 is 67.6 Å². The summed E-state index contributed by atoms with van der Waals surface area (Å²) in [4.78, 5) is 134. The molecule has 0 bridgehead atoms. The smallest absolute Gasteiger partial charge is 0.343 e. The van der Waals surface area contributed by atoms with Crippen molar-refractivity contribution in [3.63, 3.8) is 0 Å². The molecule has 75 heavy (non-hydrogen) atoms. The number of nitrogens with one attached hydrogen (secondary N) is 6. The Bertz CT molecular complexity index is 3290. The van der Waals surface area contributed by atoms with E-state index in [0.717, 1.165) is 4.90 Å². The van der Waals surface area contributed by atoms with Crippen LogP contribution in [-0.4, -0.2) is 118 Å². The minimum Gasteiger partial charge on any atom is -0.458 e. The van der Waals surface area contributed by atoms with Crippen LogP contribution in [0.1, 0.15) is 95.9 Å². The van der Waals surface area contributed by atoms with Gasteiger partial charge in [0.05, 0.1) is 60.1 Å². The van der Waals surface area contributed by atoms with Gasteiger partial charge in [-0.05, 0) is 67.3 Å². The molecule has 22 nitrogen and oxygen atoms in total. The standard InChI is InChI=1S/C52H56FN9O13/c1-3-52(73)33-19-38-48-31(24-62(38)50(71)32(33)25-75-51(52)72)47-35(14-13-30-28(2)34(53)20-36(60-48)46(30)47)58-43(67)26-74-27-57-41(65)22-56-49(70)37(18-29-10-6-4-7-11-29)59-42(66)23-55-40(64)21-54-39(63)12-8-5-9-17-61-44(68)15-16-45(61)69/h4,6-7,10-11,15-16,19-20,35,37,73H,3,5,8-9,12-14,17-18,21-27H2,1-2H3,(H,54,63)(H,55,64)(H,56,70)(H,57,65)(H,58,67)(H,59,66)/t35-,37-,52-/m0/s1/i22D2,26D2. The van der Waals surface area contributed by atoms with Gasteiger partial charge in [-0.2, -0.15) is 0 Å². The minimum absolute atomic E-state index is 0.0483. The van der Waals surface area contributed by atoms with Crippen LogP contribution in [0.4, 0.5) is 4.39 Å². The van der Waals surface area contributed by atoms with Crippen LogP contribution in [0.2, 0.25) is 0 Å². The zero-order valence-corrected chi connectivity index (χ0v) is 40.8. The summed E-state index contributed by atoms with van der Waals surface area (Å²) in [6.45, 7) is -5.79. The molecule has 1 aliphatic carbocycles. The Hall–Kier alpha value is -8.18. The van der Waals surface area contributed by atoms with E-state index in [9.17, 15) is 53.1 Å². The molecule has 4 aromatic rings. The number of rotatable bonds is 22. The lowest BCUT2D eigenvalue weighted by Crippen LogP contribution is -2.52. The highest BCUT2D eigenvalue weighted by Gasteiger charge is 2.46. The lowest BCUT2D eigenvalue weighted by Gasteiger charge is -2.31. The maximum absolute atomic E-state index is 15.4. The molecule has 23 heteroatoms. The third kappa shape index (κ3) is 11.6. The number of amides is 8. The van der Waals surface area contributed by atoms with E-state index in [1.54, 1.807) is 44.2 Å². The number of esters is 1. The van der Waals surface area contributed by atoms with Crippen LogP contribution >= 0.6 is 0 Å². The predicted molar refractivity (Wildman–Crippen MR) is 263 cm³/mol. The van der Waals surface area contributed by atoms with Crippen LogP contribution in [0.5, 0.6) is 0 Å². The number of aryl methyl sites for hydroxylation is 1. The number of hydrogen-bond acceptors (Lipinski definition) is 14. The molecule has 2 aromatic carbocycles. The number of ether oxygens (including phenoxy) is 2. The molecule has 0 saturated carbocycles. The Morgan fingerprint density at radius 1 is 0.907 bits per heavy atom. The zero-order chi connectivity index (χ0) is 57.1. The number of carbonyl (C=O) groups is 9. The molecule has 4 aliphatic rings. The summed E-state index contributed by atoms with van der Waals surface area (Å²) in [6, 6.07) is 8.42. The fraction of sp³-hybridized carbons (Fsp3) is 0.404. The van der Waals surface area contributed by atoms with Gasteiger partial charge in [-0.3, -0.25) is 48.1 Å². The Morgan fingerprint density at radius 2 is 1.64 bits per heavy atom. The van der Waals surface area contributed by atoms with Gasteiger partial charge in [0.2, 0.25) is 35.4 Å². The lowest BCUT2D eigenvalue weighted by atomic mass is 9.81. The van der Waals surface area contributed by atoms with E-state index in [4.69, 9.17) is 19.9 Å². The van der Waals surface area contributed by atoms with Crippen LogP contribution in [0, 0.1) is 12.7 Å². The van der Waals surface area contributed by atoms with E-state index >= 15 is 4.39 Å². The van der Waals surface area contributed by atoms with Gasteiger partial charge in [0.25, 0.3) is 17.4 Å². The van der Waals surface area contributed by atoms with Crippen molar-refractivity contribution in [2.75, 3.05) is 39.4 Å². The van der Waals surface area contributed by atoms with E-state index in [1.165, 1.54) is 28.9 Å². The van der Waals surface area contributed by atoms with E-state index in [0.29, 0.717) is 52.5 Å². The quantitative estimate of drug-likeness (QED) is 0.0212. The number of benzene rings is 2. The van der Waals surface area contributed by atoms with Crippen molar-refractivity contribution in [2.24, 2.45) is 0 Å². The summed E-state index contributed by atoms with van der Waals surface area (Å²) in [6.07, 6.45) is 3.87. The van der Waals surface area contributed by atoms with Gasteiger partial charge in [0.15, 0.2) is 5.60 Å². The van der Waals surface area contributed by atoms with Crippen LogP contribution < -0.4 is 37.5 Å². The molecule has 0 spiro atoms. The third-order valence-electron chi connectivity index (χ3n) is 13.5. The molecular weight excluding hydrogens is 978 g/mol. The monoisotopic (exact) mass is 1040 g/mol. The zero-order valence-electron chi connectivity index (χ0n) is 44.8. The van der Waals surface area contributed by atoms with E-state index in [-0.39, 0.29) is 79.8 Å². The van der Waals surface area contributed by atoms with Crippen molar-refractivity contribution in [3.05, 3.63) is 110 Å². The lowest BCUT2D eigenvalue weighted by molar-refractivity contribution is -0.172. The number of carbonyl (C=O) groups excluding carboxylic acids is 9. The summed E-state index contributed by atoms with van der Waals surface area (Å²) in [5.74, 6) is -8.42. The first-order valence-electron chi connectivity index (χ1n) is 26.2. The molecule has 8 amide bonds. The van der Waals surface area contributed by atoms with Gasteiger partial charge in [-0.15, -0.1) is 0 Å². The topological polar surface area (TPSA) is 303 Å². The normalized spacial score (nSPS) is 18.5. The van der Waals surface area contributed by atoms with Crippen LogP contribution in [0.15, 0.2) is 59.4 Å². The van der Waals surface area contributed by atoms with Crippen molar-refractivity contribution in [1.82, 2.24) is 46.4 Å². The first-order chi connectivity index (χ1) is 37.4. The SMILES string of the molecule is [2H]C([2H])(NC(=O)[C@H](Cc1ccccc1)NC(=O)CNC(=O)CNC(=O)CCCCCN1C(=O)C=CC1=O)C(=O)NCOC([2H])([2H])C(=O)N[C@H]1CCc2c(C)c(F)cc3nc4c(c1c23)Cn1c-4cc2c(c1=O)COC(=O)[C@]2(O)CC. The highest BCUT2D eigenvalue weighted by molar-refractivity contribution is 6.12. The molecular formula is C52H56FN9O13. The van der Waals surface area contributed by atoms with Gasteiger partial charge >= 0.3 is 5.97 Å². The average molecular weight is 1040 g/mol. The molecule has 7 N–H and O–H groups in total. The van der Waals surface area contributed by atoms with Gasteiger partial charge in [0.1, 0.15) is 31.8 Å². The van der Waals surface area contributed by atoms with Gasteiger partial charge in [-0.25, -0.2) is 14.2 Å². The highest BCUT2D eigenvalue weighted by atomic mass is 19.1. The van der Waals surface area contributed by atoms with Crippen molar-refractivity contribution in [2.45, 2.75) is 96.1 Å². The maximum atomic E-state index is 15.4. The largest absolute Gasteiger partial charge is 0.458 e. The molecule has 2 aromatic heterocycles. The maximum Gasteiger partial charge on any atom is 0.343 e. The summed E-state index contributed by atoms with van der Waals surface area (Å²) < 4.78 is 60.9. The minimum atomic E-state index is -3.22. The molecule has 0 radical (unpaired) electrons. The molecule has 3 atom stereocenters. The number of halogens is 1. The molecule has 3 aliphatic heterocycles. The third-order valence-corrected chi connectivity index (χ3v) is 13.5. The highest BCUT2D eigenvalue weighted by Crippen LogP contribution is 2.46. The van der Waals surface area contributed by atoms with Crippen LogP contribution in [-0.2, 0) is 84.2 Å². The van der Waals surface area contributed by atoms with Gasteiger partial charge < -0.3 is 51.0 Å². The average Bonchev–Trinajstić information content (AvgIpc) is 4.19. The predicted octanol–water partition coefficient (Wildman–Crippen LogP) is 0.282. The number of aliphatic hydroxyl groups is 1. The van der Waals surface area contributed by atoms with Crippen LogP contribution in [0.3, 0.4) is 0 Å². The first-order valence-corrected chi connectivity index (χ1v) is 24.2. The van der Waals surface area contributed by atoms with E-state index < -0.39 is 115 Å². The van der Waals surface area contributed by atoms with Crippen molar-refractivity contribution >= 4 is 64.1 Å². The Morgan fingerprint density at radius 3 is 2.39 bits per heavy atom. The molecule has 0 unspecified atom stereocenters. The number of hydrogen-bond donors (Lipinski definition) is 7. The first kappa shape index (κ1) is 47.8. The molecule has 8 rings (SSSR count). The second-order valence-electron chi connectivity index (χ2n) is 18.2. The Balaban J connectivity index is 0.860. The summed E-state index contributed by atoms with van der Waals surface area (Å²) in [5, 5.41) is 25.5. The Labute approximate surface area is 433 Å². The molecule has 0 saturated heterocycles. The van der Waals surface area contributed by atoms with Crippen molar-refractivity contribution in [3.8, 4) is 11.4 Å². The number of aromatic nitrogens is 2. The molecule has 5 heterocycles.